The van der Waals surface area contributed by atoms with Crippen molar-refractivity contribution in [2.75, 3.05) is 11.9 Å². The van der Waals surface area contributed by atoms with Crippen LogP contribution in [0.25, 0.3) is 0 Å². The maximum absolute atomic E-state index is 4.27. The number of para-hydroxylation sites is 1. The van der Waals surface area contributed by atoms with Crippen LogP contribution in [0.3, 0.4) is 0 Å². The van der Waals surface area contributed by atoms with Gasteiger partial charge in [-0.15, -0.1) is 0 Å². The molecule has 3 heteroatoms. The molecular weight excluding hydrogens is 258 g/mol. The first-order chi connectivity index (χ1) is 10.1. The van der Waals surface area contributed by atoms with Crippen LogP contribution in [0.2, 0.25) is 0 Å². The van der Waals surface area contributed by atoms with Crippen molar-refractivity contribution in [1.29, 1.82) is 0 Å². The monoisotopic (exact) mass is 277 g/mol. The van der Waals surface area contributed by atoms with E-state index < -0.39 is 0 Å². The smallest absolute Gasteiger partial charge is 0.0856 e. The predicted octanol–water partition coefficient (Wildman–Crippen LogP) is 5.04. The van der Waals surface area contributed by atoms with Crippen LogP contribution in [-0.4, -0.2) is 7.05 Å². The molecule has 0 radical (unpaired) electrons. The molecule has 3 nitrogen and oxygen atoms in total. The van der Waals surface area contributed by atoms with E-state index in [1.807, 2.05) is 36.5 Å². The largest absolute Gasteiger partial charge is 0.346 e. The number of azo groups is 1. The number of allylic oxidation sites excluding steroid dienone is 1. The molecular formula is C18H19N3. The molecule has 0 amide bonds. The first-order valence-electron chi connectivity index (χ1n) is 7.10. The molecule has 1 aliphatic rings. The van der Waals surface area contributed by atoms with Crippen molar-refractivity contribution < 1.29 is 0 Å². The van der Waals surface area contributed by atoms with Gasteiger partial charge in [-0.25, -0.2) is 0 Å². The van der Waals surface area contributed by atoms with Gasteiger partial charge in [-0.2, -0.15) is 10.2 Å². The SMILES string of the molecule is CN1/C(=C\N=Nc2ccccc2)C(C)(C)c2ccccc21. The summed E-state index contributed by atoms with van der Waals surface area (Å²) >= 11 is 0. The molecule has 0 spiro atoms. The molecule has 0 bridgehead atoms. The van der Waals surface area contributed by atoms with E-state index in [0.29, 0.717) is 0 Å². The minimum atomic E-state index is -0.0545. The van der Waals surface area contributed by atoms with Gasteiger partial charge in [0.05, 0.1) is 11.9 Å². The van der Waals surface area contributed by atoms with Crippen LogP contribution in [-0.2, 0) is 5.41 Å². The number of hydrogen-bond acceptors (Lipinski definition) is 3. The van der Waals surface area contributed by atoms with Crippen LogP contribution in [0, 0.1) is 0 Å². The Labute approximate surface area is 125 Å². The zero-order chi connectivity index (χ0) is 14.9. The Balaban J connectivity index is 1.93. The molecule has 0 unspecified atom stereocenters. The molecule has 0 N–H and O–H groups in total. The molecule has 0 saturated carbocycles. The van der Waals surface area contributed by atoms with Crippen molar-refractivity contribution in [2.24, 2.45) is 10.2 Å². The zero-order valence-electron chi connectivity index (χ0n) is 12.6. The van der Waals surface area contributed by atoms with Crippen LogP contribution >= 0.6 is 0 Å². The second kappa shape index (κ2) is 5.17. The van der Waals surface area contributed by atoms with Crippen LogP contribution in [0.1, 0.15) is 19.4 Å². The summed E-state index contributed by atoms with van der Waals surface area (Å²) in [7, 11) is 2.08. The van der Waals surface area contributed by atoms with Gasteiger partial charge in [-0.3, -0.25) is 0 Å². The van der Waals surface area contributed by atoms with E-state index in [1.54, 1.807) is 0 Å². The number of fused-ring (bicyclic) bond motifs is 1. The lowest BCUT2D eigenvalue weighted by Gasteiger charge is -2.22. The molecule has 2 aromatic rings. The van der Waals surface area contributed by atoms with Crippen LogP contribution in [0.4, 0.5) is 11.4 Å². The summed E-state index contributed by atoms with van der Waals surface area (Å²) in [6.45, 7) is 4.44. The molecule has 0 saturated heterocycles. The molecule has 3 rings (SSSR count). The Morgan fingerprint density at radius 1 is 0.952 bits per heavy atom. The van der Waals surface area contributed by atoms with Gasteiger partial charge in [0.15, 0.2) is 0 Å². The molecule has 2 aromatic carbocycles. The van der Waals surface area contributed by atoms with Gasteiger partial charge < -0.3 is 4.90 Å². The summed E-state index contributed by atoms with van der Waals surface area (Å²) in [5.41, 5.74) is 4.53. The number of hydrogen-bond donors (Lipinski definition) is 0. The number of likely N-dealkylation sites (N-methyl/N-ethyl adjacent to an activating group) is 1. The first-order valence-corrected chi connectivity index (χ1v) is 7.10. The third-order valence-corrected chi connectivity index (χ3v) is 4.05. The molecule has 1 aliphatic heterocycles. The highest BCUT2D eigenvalue weighted by atomic mass is 15.2. The summed E-state index contributed by atoms with van der Waals surface area (Å²) < 4.78 is 0. The second-order valence-corrected chi connectivity index (χ2v) is 5.77. The van der Waals surface area contributed by atoms with E-state index in [-0.39, 0.29) is 5.41 Å². The third kappa shape index (κ3) is 2.35. The topological polar surface area (TPSA) is 28.0 Å². The average Bonchev–Trinajstić information content (AvgIpc) is 2.70. The minimum absolute atomic E-state index is 0.0545. The van der Waals surface area contributed by atoms with Crippen molar-refractivity contribution in [2.45, 2.75) is 19.3 Å². The zero-order valence-corrected chi connectivity index (χ0v) is 12.6. The van der Waals surface area contributed by atoms with Crippen molar-refractivity contribution >= 4 is 11.4 Å². The molecule has 0 aliphatic carbocycles. The third-order valence-electron chi connectivity index (χ3n) is 4.05. The molecule has 106 valence electrons. The van der Waals surface area contributed by atoms with Crippen LogP contribution in [0.15, 0.2) is 76.7 Å². The molecule has 21 heavy (non-hydrogen) atoms. The lowest BCUT2D eigenvalue weighted by molar-refractivity contribution is 0.637. The Kier molecular flexibility index (Phi) is 3.34. The Bertz CT molecular complexity index is 699. The summed E-state index contributed by atoms with van der Waals surface area (Å²) in [5, 5.41) is 8.53. The lowest BCUT2D eigenvalue weighted by Crippen LogP contribution is -2.22. The van der Waals surface area contributed by atoms with Crippen molar-refractivity contribution in [3.8, 4) is 0 Å². The van der Waals surface area contributed by atoms with E-state index in [4.69, 9.17) is 0 Å². The number of nitrogens with zero attached hydrogens (tertiary/aromatic N) is 3. The van der Waals surface area contributed by atoms with Gasteiger partial charge in [0.25, 0.3) is 0 Å². The van der Waals surface area contributed by atoms with Crippen molar-refractivity contribution in [3.63, 3.8) is 0 Å². The molecule has 0 atom stereocenters. The number of anilines is 1. The van der Waals surface area contributed by atoms with Crippen molar-refractivity contribution in [3.05, 3.63) is 72.1 Å². The maximum Gasteiger partial charge on any atom is 0.0856 e. The Morgan fingerprint density at radius 2 is 1.62 bits per heavy atom. The van der Waals surface area contributed by atoms with Gasteiger partial charge >= 0.3 is 0 Å². The van der Waals surface area contributed by atoms with Gasteiger partial charge in [-0.1, -0.05) is 50.2 Å². The fourth-order valence-electron chi connectivity index (χ4n) is 2.87. The van der Waals surface area contributed by atoms with Gasteiger partial charge in [-0.05, 0) is 23.8 Å². The second-order valence-electron chi connectivity index (χ2n) is 5.77. The summed E-state index contributed by atoms with van der Waals surface area (Å²) in [4.78, 5) is 2.19. The van der Waals surface area contributed by atoms with Gasteiger partial charge in [0.1, 0.15) is 0 Å². The van der Waals surface area contributed by atoms with Gasteiger partial charge in [0.2, 0.25) is 0 Å². The minimum Gasteiger partial charge on any atom is -0.346 e. The maximum atomic E-state index is 4.27. The quantitative estimate of drug-likeness (QED) is 0.707. The van der Waals surface area contributed by atoms with Gasteiger partial charge in [0, 0.05) is 23.8 Å². The molecule has 0 aromatic heterocycles. The first kappa shape index (κ1) is 13.6. The summed E-state index contributed by atoms with van der Waals surface area (Å²) in [6.07, 6.45) is 1.87. The highest BCUT2D eigenvalue weighted by Crippen LogP contribution is 2.46. The molecule has 0 fully saturated rings. The van der Waals surface area contributed by atoms with Crippen LogP contribution < -0.4 is 4.90 Å². The average molecular weight is 277 g/mol. The fourth-order valence-corrected chi connectivity index (χ4v) is 2.87. The van der Waals surface area contributed by atoms with E-state index in [2.05, 4.69) is 60.3 Å². The Hall–Kier alpha value is -2.42. The van der Waals surface area contributed by atoms with Crippen LogP contribution in [0.5, 0.6) is 0 Å². The highest BCUT2D eigenvalue weighted by Gasteiger charge is 2.38. The standard InChI is InChI=1S/C18H19N3/c1-18(2)15-11-7-8-12-16(15)21(3)17(18)13-19-20-14-9-5-4-6-10-14/h4-13H,1-3H3/b17-13-,20-19?. The molecule has 1 heterocycles. The van der Waals surface area contributed by atoms with Crippen molar-refractivity contribution in [1.82, 2.24) is 0 Å². The summed E-state index contributed by atoms with van der Waals surface area (Å²) in [6, 6.07) is 18.3. The van der Waals surface area contributed by atoms with E-state index in [9.17, 15) is 0 Å². The highest BCUT2D eigenvalue weighted by molar-refractivity contribution is 5.69. The Morgan fingerprint density at radius 3 is 2.33 bits per heavy atom. The lowest BCUT2D eigenvalue weighted by atomic mass is 9.84. The number of benzene rings is 2. The van der Waals surface area contributed by atoms with E-state index in [0.717, 1.165) is 11.4 Å². The fraction of sp³-hybridized carbons (Fsp3) is 0.222. The summed E-state index contributed by atoms with van der Waals surface area (Å²) in [5.74, 6) is 0. The predicted molar refractivity (Wildman–Crippen MR) is 86.9 cm³/mol. The van der Waals surface area contributed by atoms with E-state index in [1.165, 1.54) is 11.3 Å². The number of rotatable bonds is 2. The van der Waals surface area contributed by atoms with E-state index >= 15 is 0 Å². The normalized spacial score (nSPS) is 18.4.